The van der Waals surface area contributed by atoms with E-state index in [0.717, 1.165) is 24.4 Å². The van der Waals surface area contributed by atoms with Crippen LogP contribution >= 0.6 is 0 Å². The van der Waals surface area contributed by atoms with Crippen molar-refractivity contribution in [1.29, 1.82) is 0 Å². The van der Waals surface area contributed by atoms with Gasteiger partial charge in [-0.25, -0.2) is 0 Å². The van der Waals surface area contributed by atoms with Crippen LogP contribution in [0.5, 0.6) is 5.75 Å². The maximum absolute atomic E-state index is 9.99. The molecule has 1 aliphatic heterocycles. The van der Waals surface area contributed by atoms with Gasteiger partial charge in [-0.1, -0.05) is 18.2 Å². The second-order valence-electron chi connectivity index (χ2n) is 5.97. The number of nitrogens with one attached hydrogen (secondary N) is 1. The second-order valence-corrected chi connectivity index (χ2v) is 5.97. The minimum Gasteiger partial charge on any atom is -0.493 e. The van der Waals surface area contributed by atoms with Crippen LogP contribution in [-0.2, 0) is 10.3 Å². The average molecular weight is 291 g/mol. The van der Waals surface area contributed by atoms with E-state index in [1.807, 2.05) is 25.1 Å². The summed E-state index contributed by atoms with van der Waals surface area (Å²) in [6, 6.07) is 8.10. The molecule has 2 unspecified atom stereocenters. The lowest BCUT2D eigenvalue weighted by Crippen LogP contribution is -2.53. The Morgan fingerprint density at radius 2 is 2.24 bits per heavy atom. The number of hydrogen-bond donors (Lipinski definition) is 2. The van der Waals surface area contributed by atoms with Crippen molar-refractivity contribution in [2.75, 3.05) is 32.9 Å². The van der Waals surface area contributed by atoms with E-state index in [1.165, 1.54) is 12.8 Å². The summed E-state index contributed by atoms with van der Waals surface area (Å²) >= 11 is 0. The van der Waals surface area contributed by atoms with Gasteiger partial charge in [-0.3, -0.25) is 0 Å². The number of benzene rings is 1. The minimum atomic E-state index is -0.472. The molecule has 1 saturated carbocycles. The molecule has 0 aromatic heterocycles. The van der Waals surface area contributed by atoms with Gasteiger partial charge in [0, 0.05) is 31.2 Å². The van der Waals surface area contributed by atoms with Gasteiger partial charge in [-0.2, -0.15) is 0 Å². The lowest BCUT2D eigenvalue weighted by Gasteiger charge is -2.44. The van der Waals surface area contributed by atoms with E-state index < -0.39 is 5.60 Å². The molecule has 2 N–H and O–H groups in total. The lowest BCUT2D eigenvalue weighted by molar-refractivity contribution is -0.129. The van der Waals surface area contributed by atoms with Crippen LogP contribution in [0.2, 0.25) is 0 Å². The summed E-state index contributed by atoms with van der Waals surface area (Å²) < 4.78 is 12.1. The number of aliphatic hydroxyl groups is 1. The molecule has 116 valence electrons. The summed E-state index contributed by atoms with van der Waals surface area (Å²) in [7, 11) is 0. The van der Waals surface area contributed by atoms with Gasteiger partial charge in [0.15, 0.2) is 0 Å². The van der Waals surface area contributed by atoms with E-state index in [1.54, 1.807) is 0 Å². The third-order valence-corrected chi connectivity index (χ3v) is 4.66. The molecule has 2 aliphatic rings. The Hall–Kier alpha value is -1.10. The van der Waals surface area contributed by atoms with E-state index in [0.29, 0.717) is 19.1 Å². The van der Waals surface area contributed by atoms with Crippen molar-refractivity contribution < 1.29 is 14.6 Å². The SMILES string of the molecule is CCOc1ccccc1C1(C(CO)C2CC2)CNCCO1. The van der Waals surface area contributed by atoms with E-state index >= 15 is 0 Å². The molecule has 1 aliphatic carbocycles. The highest BCUT2D eigenvalue weighted by molar-refractivity contribution is 5.40. The molecular formula is C17H25NO3. The maximum Gasteiger partial charge on any atom is 0.125 e. The highest BCUT2D eigenvalue weighted by Crippen LogP contribution is 2.49. The fraction of sp³-hybridized carbons (Fsp3) is 0.647. The second kappa shape index (κ2) is 6.34. The molecule has 1 aromatic rings. The molecule has 4 nitrogen and oxygen atoms in total. The normalized spacial score (nSPS) is 27.3. The fourth-order valence-electron chi connectivity index (χ4n) is 3.51. The number of morpholine rings is 1. The quantitative estimate of drug-likeness (QED) is 0.841. The van der Waals surface area contributed by atoms with Gasteiger partial charge >= 0.3 is 0 Å². The largest absolute Gasteiger partial charge is 0.493 e. The Morgan fingerprint density at radius 1 is 1.43 bits per heavy atom. The molecule has 3 rings (SSSR count). The van der Waals surface area contributed by atoms with Crippen LogP contribution in [0.15, 0.2) is 24.3 Å². The van der Waals surface area contributed by atoms with Crippen molar-refractivity contribution in [1.82, 2.24) is 5.32 Å². The van der Waals surface area contributed by atoms with Crippen molar-refractivity contribution in [3.05, 3.63) is 29.8 Å². The van der Waals surface area contributed by atoms with Crippen molar-refractivity contribution in [2.24, 2.45) is 11.8 Å². The van der Waals surface area contributed by atoms with E-state index in [4.69, 9.17) is 9.47 Å². The van der Waals surface area contributed by atoms with Crippen molar-refractivity contribution >= 4 is 0 Å². The highest BCUT2D eigenvalue weighted by Gasteiger charge is 2.50. The summed E-state index contributed by atoms with van der Waals surface area (Å²) in [6.45, 7) is 5.05. The fourth-order valence-corrected chi connectivity index (χ4v) is 3.51. The van der Waals surface area contributed by atoms with Crippen LogP contribution in [0.1, 0.15) is 25.3 Å². The van der Waals surface area contributed by atoms with Crippen LogP contribution < -0.4 is 10.1 Å². The van der Waals surface area contributed by atoms with Crippen molar-refractivity contribution in [3.8, 4) is 5.75 Å². The van der Waals surface area contributed by atoms with Crippen LogP contribution in [0.4, 0.5) is 0 Å². The molecule has 2 atom stereocenters. The number of ether oxygens (including phenoxy) is 2. The van der Waals surface area contributed by atoms with Crippen LogP contribution in [0.25, 0.3) is 0 Å². The molecule has 1 saturated heterocycles. The van der Waals surface area contributed by atoms with E-state index in [2.05, 4.69) is 11.4 Å². The molecule has 0 spiro atoms. The zero-order valence-electron chi connectivity index (χ0n) is 12.7. The lowest BCUT2D eigenvalue weighted by atomic mass is 9.77. The van der Waals surface area contributed by atoms with Gasteiger partial charge in [-0.05, 0) is 31.7 Å². The van der Waals surface area contributed by atoms with Gasteiger partial charge in [-0.15, -0.1) is 0 Å². The first kappa shape index (κ1) is 14.8. The number of aliphatic hydroxyl groups excluding tert-OH is 1. The smallest absolute Gasteiger partial charge is 0.125 e. The zero-order chi connectivity index (χ0) is 14.7. The first-order valence-electron chi connectivity index (χ1n) is 7.99. The Labute approximate surface area is 126 Å². The Balaban J connectivity index is 2.02. The molecular weight excluding hydrogens is 266 g/mol. The first-order chi connectivity index (χ1) is 10.3. The third-order valence-electron chi connectivity index (χ3n) is 4.66. The van der Waals surface area contributed by atoms with Crippen LogP contribution in [-0.4, -0.2) is 38.0 Å². The van der Waals surface area contributed by atoms with Crippen LogP contribution in [0, 0.1) is 11.8 Å². The summed E-state index contributed by atoms with van der Waals surface area (Å²) in [6.07, 6.45) is 2.38. The third kappa shape index (κ3) is 2.80. The summed E-state index contributed by atoms with van der Waals surface area (Å²) in [5.41, 5.74) is 0.602. The van der Waals surface area contributed by atoms with Crippen molar-refractivity contribution in [2.45, 2.75) is 25.4 Å². The van der Waals surface area contributed by atoms with Gasteiger partial charge in [0.2, 0.25) is 0 Å². The predicted octanol–water partition coefficient (Wildman–Crippen LogP) is 1.92. The molecule has 1 heterocycles. The van der Waals surface area contributed by atoms with Gasteiger partial charge in [0.1, 0.15) is 11.4 Å². The summed E-state index contributed by atoms with van der Waals surface area (Å²) in [4.78, 5) is 0. The predicted molar refractivity (Wildman–Crippen MR) is 81.4 cm³/mol. The van der Waals surface area contributed by atoms with Gasteiger partial charge < -0.3 is 19.9 Å². The molecule has 21 heavy (non-hydrogen) atoms. The molecule has 0 radical (unpaired) electrons. The molecule has 0 bridgehead atoms. The van der Waals surface area contributed by atoms with Crippen LogP contribution in [0.3, 0.4) is 0 Å². The first-order valence-corrected chi connectivity index (χ1v) is 7.99. The number of rotatable bonds is 6. The maximum atomic E-state index is 9.99. The highest BCUT2D eigenvalue weighted by atomic mass is 16.5. The van der Waals surface area contributed by atoms with Gasteiger partial charge in [0.05, 0.1) is 13.2 Å². The molecule has 0 amide bonds. The number of para-hydroxylation sites is 1. The van der Waals surface area contributed by atoms with Gasteiger partial charge in [0.25, 0.3) is 0 Å². The topological polar surface area (TPSA) is 50.7 Å². The minimum absolute atomic E-state index is 0.131. The summed E-state index contributed by atoms with van der Waals surface area (Å²) in [5, 5.41) is 13.4. The Morgan fingerprint density at radius 3 is 2.86 bits per heavy atom. The average Bonchev–Trinajstić information content (AvgIpc) is 3.35. The molecule has 4 heteroatoms. The van der Waals surface area contributed by atoms with Crippen molar-refractivity contribution in [3.63, 3.8) is 0 Å². The zero-order valence-corrected chi connectivity index (χ0v) is 12.7. The molecule has 2 fully saturated rings. The summed E-state index contributed by atoms with van der Waals surface area (Å²) in [5.74, 6) is 1.57. The Bertz CT molecular complexity index is 467. The molecule has 1 aromatic carbocycles. The van der Waals surface area contributed by atoms with E-state index in [9.17, 15) is 5.11 Å². The van der Waals surface area contributed by atoms with E-state index in [-0.39, 0.29) is 12.5 Å². The standard InChI is InChI=1S/C17H25NO3/c1-2-20-16-6-4-3-5-14(16)17(12-18-9-10-21-17)15(11-19)13-7-8-13/h3-6,13,15,18-19H,2,7-12H2,1H3. The number of hydrogen-bond acceptors (Lipinski definition) is 4. The Kier molecular flexibility index (Phi) is 4.48. The monoisotopic (exact) mass is 291 g/mol.